The minimum atomic E-state index is -0.288. The number of carbonyl (C=O) groups excluding carboxylic acids is 1. The monoisotopic (exact) mass is 323 g/mol. The first-order valence-electron chi connectivity index (χ1n) is 7.86. The number of rotatable bonds is 5. The van der Waals surface area contributed by atoms with Gasteiger partial charge in [-0.05, 0) is 19.4 Å². The van der Waals surface area contributed by atoms with Crippen LogP contribution in [0, 0.1) is 13.8 Å². The van der Waals surface area contributed by atoms with Crippen molar-refractivity contribution < 1.29 is 4.79 Å². The molecular weight excluding hydrogens is 302 g/mol. The lowest BCUT2D eigenvalue weighted by atomic mass is 10.1. The third-order valence-corrected chi connectivity index (χ3v) is 4.21. The van der Waals surface area contributed by atoms with Gasteiger partial charge in [0.1, 0.15) is 18.4 Å². The molecule has 1 atom stereocenters. The number of nitrogens with one attached hydrogen (secondary N) is 1. The van der Waals surface area contributed by atoms with Crippen LogP contribution in [0.5, 0.6) is 0 Å². The zero-order chi connectivity index (χ0) is 17.1. The summed E-state index contributed by atoms with van der Waals surface area (Å²) in [5.74, 6) is 0.723. The van der Waals surface area contributed by atoms with Crippen LogP contribution in [0.1, 0.15) is 28.8 Å². The Bertz CT molecular complexity index is 834. The Labute approximate surface area is 141 Å². The molecule has 3 rings (SSSR count). The fourth-order valence-electron chi connectivity index (χ4n) is 2.66. The number of aromatic nitrogens is 4. The molecule has 0 aliphatic heterocycles. The van der Waals surface area contributed by atoms with Crippen molar-refractivity contribution in [3.8, 4) is 0 Å². The summed E-state index contributed by atoms with van der Waals surface area (Å²) >= 11 is 0. The Morgan fingerprint density at radius 1 is 1.21 bits per heavy atom. The normalized spacial score (nSPS) is 12.1. The minimum Gasteiger partial charge on any atom is -0.341 e. The Morgan fingerprint density at radius 3 is 2.54 bits per heavy atom. The zero-order valence-corrected chi connectivity index (χ0v) is 14.1. The molecule has 2 aromatic heterocycles. The summed E-state index contributed by atoms with van der Waals surface area (Å²) in [6, 6.07) is 9.57. The maximum absolute atomic E-state index is 12.6. The van der Waals surface area contributed by atoms with Crippen molar-refractivity contribution in [3.05, 3.63) is 71.8 Å². The van der Waals surface area contributed by atoms with Gasteiger partial charge >= 0.3 is 0 Å². The van der Waals surface area contributed by atoms with Gasteiger partial charge in [-0.3, -0.25) is 4.79 Å². The molecule has 0 unspecified atom stereocenters. The van der Waals surface area contributed by atoms with Gasteiger partial charge in [-0.2, -0.15) is 0 Å². The Balaban J connectivity index is 1.83. The second-order valence-corrected chi connectivity index (χ2v) is 5.85. The van der Waals surface area contributed by atoms with E-state index in [9.17, 15) is 4.79 Å². The highest BCUT2D eigenvalue weighted by Crippen LogP contribution is 2.20. The van der Waals surface area contributed by atoms with Crippen LogP contribution in [0.4, 0.5) is 0 Å². The number of nitrogens with zero attached hydrogens (tertiary/aromatic N) is 4. The van der Waals surface area contributed by atoms with E-state index in [2.05, 4.69) is 15.3 Å². The van der Waals surface area contributed by atoms with Crippen LogP contribution in [-0.2, 0) is 18.4 Å². The molecule has 1 aromatic carbocycles. The minimum absolute atomic E-state index is 0.0765. The van der Waals surface area contributed by atoms with Gasteiger partial charge in [0.2, 0.25) is 5.91 Å². The highest BCUT2D eigenvalue weighted by Gasteiger charge is 2.21. The lowest BCUT2D eigenvalue weighted by Gasteiger charge is -2.19. The summed E-state index contributed by atoms with van der Waals surface area (Å²) in [5, 5.41) is 3.09. The molecule has 1 N–H and O–H groups in total. The average molecular weight is 323 g/mol. The SMILES string of the molecule is Cc1ncn(CC(=O)N[C@@H](c2ccccc2)c2nccn2C)c1C. The van der Waals surface area contributed by atoms with Gasteiger partial charge in [-0.15, -0.1) is 0 Å². The largest absolute Gasteiger partial charge is 0.341 e. The quantitative estimate of drug-likeness (QED) is 0.782. The number of amides is 1. The van der Waals surface area contributed by atoms with E-state index in [0.717, 1.165) is 22.8 Å². The molecule has 6 heteroatoms. The molecule has 1 amide bonds. The van der Waals surface area contributed by atoms with E-state index in [-0.39, 0.29) is 18.5 Å². The first-order chi connectivity index (χ1) is 11.6. The average Bonchev–Trinajstić information content (AvgIpc) is 3.14. The molecule has 0 fully saturated rings. The second-order valence-electron chi connectivity index (χ2n) is 5.85. The molecule has 6 nitrogen and oxygen atoms in total. The highest BCUT2D eigenvalue weighted by atomic mass is 16.2. The van der Waals surface area contributed by atoms with Crippen molar-refractivity contribution in [1.29, 1.82) is 0 Å². The van der Waals surface area contributed by atoms with E-state index in [1.54, 1.807) is 12.5 Å². The van der Waals surface area contributed by atoms with Crippen molar-refractivity contribution in [2.75, 3.05) is 0 Å². The molecule has 0 radical (unpaired) electrons. The maximum atomic E-state index is 12.6. The number of aryl methyl sites for hydroxylation is 2. The van der Waals surface area contributed by atoms with Crippen molar-refractivity contribution in [1.82, 2.24) is 24.4 Å². The number of hydrogen-bond donors (Lipinski definition) is 1. The third-order valence-electron chi connectivity index (χ3n) is 4.21. The zero-order valence-electron chi connectivity index (χ0n) is 14.1. The molecule has 2 heterocycles. The van der Waals surface area contributed by atoms with Crippen LogP contribution in [-0.4, -0.2) is 25.0 Å². The predicted molar refractivity (Wildman–Crippen MR) is 91.3 cm³/mol. The van der Waals surface area contributed by atoms with Crippen LogP contribution in [0.25, 0.3) is 0 Å². The van der Waals surface area contributed by atoms with E-state index in [1.807, 2.05) is 66.6 Å². The summed E-state index contributed by atoms with van der Waals surface area (Å²) in [6.45, 7) is 4.13. The highest BCUT2D eigenvalue weighted by molar-refractivity contribution is 5.76. The molecule has 0 spiro atoms. The predicted octanol–water partition coefficient (Wildman–Crippen LogP) is 2.14. The van der Waals surface area contributed by atoms with Gasteiger partial charge in [-0.25, -0.2) is 9.97 Å². The van der Waals surface area contributed by atoms with Crippen LogP contribution in [0.3, 0.4) is 0 Å². The number of carbonyl (C=O) groups is 1. The van der Waals surface area contributed by atoms with Crippen LogP contribution in [0.15, 0.2) is 49.1 Å². The number of imidazole rings is 2. The van der Waals surface area contributed by atoms with Gasteiger partial charge in [0.05, 0.1) is 12.0 Å². The number of hydrogen-bond acceptors (Lipinski definition) is 3. The number of benzene rings is 1. The molecule has 24 heavy (non-hydrogen) atoms. The van der Waals surface area contributed by atoms with E-state index < -0.39 is 0 Å². The Kier molecular flexibility index (Phi) is 4.46. The summed E-state index contributed by atoms with van der Waals surface area (Å²) in [7, 11) is 1.92. The summed E-state index contributed by atoms with van der Waals surface area (Å²) in [5.41, 5.74) is 2.93. The molecule has 0 aliphatic rings. The van der Waals surface area contributed by atoms with Crippen LogP contribution < -0.4 is 5.32 Å². The molecule has 0 aliphatic carbocycles. The second kappa shape index (κ2) is 6.70. The Morgan fingerprint density at radius 2 is 1.96 bits per heavy atom. The van der Waals surface area contributed by atoms with Gasteiger partial charge < -0.3 is 14.5 Å². The van der Waals surface area contributed by atoms with E-state index in [0.29, 0.717) is 0 Å². The first kappa shape index (κ1) is 16.0. The molecule has 0 saturated carbocycles. The molecular formula is C18H21N5O. The summed E-state index contributed by atoms with van der Waals surface area (Å²) in [6.07, 6.45) is 5.31. The van der Waals surface area contributed by atoms with E-state index in [4.69, 9.17) is 0 Å². The van der Waals surface area contributed by atoms with Crippen LogP contribution >= 0.6 is 0 Å². The van der Waals surface area contributed by atoms with Crippen molar-refractivity contribution in [2.45, 2.75) is 26.4 Å². The summed E-state index contributed by atoms with van der Waals surface area (Å²) in [4.78, 5) is 21.2. The van der Waals surface area contributed by atoms with Gasteiger partial charge in [0.15, 0.2) is 0 Å². The van der Waals surface area contributed by atoms with Crippen LogP contribution in [0.2, 0.25) is 0 Å². The van der Waals surface area contributed by atoms with E-state index in [1.165, 1.54) is 0 Å². The van der Waals surface area contributed by atoms with Crippen molar-refractivity contribution in [3.63, 3.8) is 0 Å². The standard InChI is InChI=1S/C18H21N5O/c1-13-14(2)23(12-20-13)11-16(24)21-17(15-7-5-4-6-8-15)18-19-9-10-22(18)3/h4-10,12,17H,11H2,1-3H3,(H,21,24)/t17-/m0/s1. The van der Waals surface area contributed by atoms with E-state index >= 15 is 0 Å². The first-order valence-corrected chi connectivity index (χ1v) is 7.86. The smallest absolute Gasteiger partial charge is 0.240 e. The van der Waals surface area contributed by atoms with Crippen molar-refractivity contribution in [2.24, 2.45) is 7.05 Å². The van der Waals surface area contributed by atoms with Gasteiger partial charge in [0, 0.05) is 25.1 Å². The fourth-order valence-corrected chi connectivity index (χ4v) is 2.66. The maximum Gasteiger partial charge on any atom is 0.240 e. The topological polar surface area (TPSA) is 64.7 Å². The fraction of sp³-hybridized carbons (Fsp3) is 0.278. The lowest BCUT2D eigenvalue weighted by Crippen LogP contribution is -2.33. The Hall–Kier alpha value is -2.89. The third kappa shape index (κ3) is 3.22. The molecule has 3 aromatic rings. The summed E-state index contributed by atoms with van der Waals surface area (Å²) < 4.78 is 3.77. The van der Waals surface area contributed by atoms with Crippen molar-refractivity contribution >= 4 is 5.91 Å². The molecule has 0 saturated heterocycles. The lowest BCUT2D eigenvalue weighted by molar-refractivity contribution is -0.122. The molecule has 0 bridgehead atoms. The van der Waals surface area contributed by atoms with Gasteiger partial charge in [-0.1, -0.05) is 30.3 Å². The van der Waals surface area contributed by atoms with Gasteiger partial charge in [0.25, 0.3) is 0 Å². The molecule has 124 valence electrons.